The third kappa shape index (κ3) is 2.74. The van der Waals surface area contributed by atoms with Crippen LogP contribution in [0.25, 0.3) is 0 Å². The van der Waals surface area contributed by atoms with Gasteiger partial charge < -0.3 is 15.2 Å². The topological polar surface area (TPSA) is 44.5 Å². The van der Waals surface area contributed by atoms with Gasteiger partial charge in [0.05, 0.1) is 19.1 Å². The number of nitrogens with two attached hydrogens (primary N) is 1. The predicted molar refractivity (Wildman–Crippen MR) is 84.0 cm³/mol. The van der Waals surface area contributed by atoms with E-state index in [-0.39, 0.29) is 0 Å². The Morgan fingerprint density at radius 1 is 1.19 bits per heavy atom. The fourth-order valence-corrected chi connectivity index (χ4v) is 2.94. The first-order chi connectivity index (χ1) is 10.2. The van der Waals surface area contributed by atoms with Gasteiger partial charge in [-0.05, 0) is 36.6 Å². The summed E-state index contributed by atoms with van der Waals surface area (Å²) in [5.74, 6) is 2.25. The van der Waals surface area contributed by atoms with E-state index in [9.17, 15) is 0 Å². The molecule has 1 atom stereocenters. The molecule has 110 valence electrons. The van der Waals surface area contributed by atoms with Crippen molar-refractivity contribution >= 4 is 0 Å². The van der Waals surface area contributed by atoms with Gasteiger partial charge in [0.2, 0.25) is 0 Å². The minimum absolute atomic E-state index is 0.300. The zero-order valence-electron chi connectivity index (χ0n) is 12.6. The molecule has 0 aromatic heterocycles. The number of hydrogen-bond acceptors (Lipinski definition) is 3. The van der Waals surface area contributed by atoms with E-state index < -0.39 is 0 Å². The summed E-state index contributed by atoms with van der Waals surface area (Å²) < 4.78 is 11.8. The van der Waals surface area contributed by atoms with Gasteiger partial charge in [-0.25, -0.2) is 0 Å². The summed E-state index contributed by atoms with van der Waals surface area (Å²) >= 11 is 0. The van der Waals surface area contributed by atoms with E-state index in [0.717, 1.165) is 28.2 Å². The second-order valence-corrected chi connectivity index (χ2v) is 5.62. The lowest BCUT2D eigenvalue weighted by Gasteiger charge is -2.16. The fourth-order valence-electron chi connectivity index (χ4n) is 2.94. The third-order valence-corrected chi connectivity index (χ3v) is 3.98. The van der Waals surface area contributed by atoms with Crippen LogP contribution in [0, 0.1) is 13.8 Å². The monoisotopic (exact) mass is 283 g/mol. The van der Waals surface area contributed by atoms with Gasteiger partial charge in [-0.3, -0.25) is 0 Å². The molecule has 3 heteroatoms. The highest BCUT2D eigenvalue weighted by Crippen LogP contribution is 2.34. The Morgan fingerprint density at radius 2 is 1.90 bits per heavy atom. The maximum atomic E-state index is 6.09. The Bertz CT molecular complexity index is 628. The molecule has 2 aromatic carbocycles. The van der Waals surface area contributed by atoms with Crippen LogP contribution in [0.3, 0.4) is 0 Å². The number of rotatable bonds is 4. The lowest BCUT2D eigenvalue weighted by Crippen LogP contribution is -2.13. The Hall–Kier alpha value is -2.00. The average Bonchev–Trinajstić information content (AvgIpc) is 2.89. The SMILES string of the molecule is Cc1cc(CN)cc(C)c1OCC1COc2ccccc21. The van der Waals surface area contributed by atoms with E-state index in [1.54, 1.807) is 0 Å². The molecule has 1 heterocycles. The smallest absolute Gasteiger partial charge is 0.125 e. The van der Waals surface area contributed by atoms with Crippen molar-refractivity contribution in [3.05, 3.63) is 58.7 Å². The molecular formula is C18H21NO2. The molecule has 0 spiro atoms. The van der Waals surface area contributed by atoms with Crippen molar-refractivity contribution in [2.45, 2.75) is 26.3 Å². The van der Waals surface area contributed by atoms with Crippen LogP contribution in [-0.2, 0) is 6.54 Å². The number of aryl methyl sites for hydroxylation is 2. The molecule has 1 unspecified atom stereocenters. The van der Waals surface area contributed by atoms with Gasteiger partial charge in [0.15, 0.2) is 0 Å². The molecule has 0 amide bonds. The number of para-hydroxylation sites is 1. The molecule has 0 saturated heterocycles. The van der Waals surface area contributed by atoms with Gasteiger partial charge in [0.25, 0.3) is 0 Å². The van der Waals surface area contributed by atoms with E-state index in [4.69, 9.17) is 15.2 Å². The zero-order valence-corrected chi connectivity index (χ0v) is 12.6. The van der Waals surface area contributed by atoms with Crippen LogP contribution in [0.15, 0.2) is 36.4 Å². The van der Waals surface area contributed by atoms with Crippen LogP contribution in [0.4, 0.5) is 0 Å². The second kappa shape index (κ2) is 5.78. The Kier molecular flexibility index (Phi) is 3.84. The molecular weight excluding hydrogens is 262 g/mol. The van der Waals surface area contributed by atoms with Crippen molar-refractivity contribution in [3.63, 3.8) is 0 Å². The first-order valence-electron chi connectivity index (χ1n) is 7.33. The zero-order chi connectivity index (χ0) is 14.8. The molecule has 0 saturated carbocycles. The number of fused-ring (bicyclic) bond motifs is 1. The van der Waals surface area contributed by atoms with Crippen LogP contribution in [0.5, 0.6) is 11.5 Å². The quantitative estimate of drug-likeness (QED) is 0.936. The summed E-state index contributed by atoms with van der Waals surface area (Å²) in [5.41, 5.74) is 10.4. The number of ether oxygens (including phenoxy) is 2. The first-order valence-corrected chi connectivity index (χ1v) is 7.33. The number of hydrogen-bond donors (Lipinski definition) is 1. The molecule has 2 N–H and O–H groups in total. The molecule has 2 aromatic rings. The Labute approximate surface area is 125 Å². The van der Waals surface area contributed by atoms with Gasteiger partial charge in [-0.1, -0.05) is 30.3 Å². The lowest BCUT2D eigenvalue weighted by atomic mass is 10.0. The summed E-state index contributed by atoms with van der Waals surface area (Å²) in [4.78, 5) is 0. The van der Waals surface area contributed by atoms with Crippen molar-refractivity contribution in [2.75, 3.05) is 13.2 Å². The molecule has 0 aliphatic carbocycles. The van der Waals surface area contributed by atoms with Crippen LogP contribution in [0.2, 0.25) is 0 Å². The molecule has 0 fully saturated rings. The molecule has 3 rings (SSSR count). The minimum atomic E-state index is 0.300. The maximum absolute atomic E-state index is 6.09. The highest BCUT2D eigenvalue weighted by atomic mass is 16.5. The van der Waals surface area contributed by atoms with Gasteiger partial charge in [-0.2, -0.15) is 0 Å². The van der Waals surface area contributed by atoms with E-state index in [1.165, 1.54) is 5.56 Å². The van der Waals surface area contributed by atoms with Crippen molar-refractivity contribution in [2.24, 2.45) is 5.73 Å². The van der Waals surface area contributed by atoms with Crippen LogP contribution < -0.4 is 15.2 Å². The molecule has 0 bridgehead atoms. The predicted octanol–water partition coefficient (Wildman–Crippen LogP) is 3.32. The minimum Gasteiger partial charge on any atom is -0.493 e. The molecule has 0 radical (unpaired) electrons. The molecule has 21 heavy (non-hydrogen) atoms. The largest absolute Gasteiger partial charge is 0.493 e. The van der Waals surface area contributed by atoms with E-state index in [1.807, 2.05) is 18.2 Å². The fraction of sp³-hybridized carbons (Fsp3) is 0.333. The Morgan fingerprint density at radius 3 is 2.62 bits per heavy atom. The van der Waals surface area contributed by atoms with Crippen molar-refractivity contribution in [3.8, 4) is 11.5 Å². The summed E-state index contributed by atoms with van der Waals surface area (Å²) in [7, 11) is 0. The standard InChI is InChI=1S/C18H21NO2/c1-12-7-14(9-19)8-13(2)18(12)21-11-15-10-20-17-6-4-3-5-16(15)17/h3-8,15H,9-11,19H2,1-2H3. The van der Waals surface area contributed by atoms with Crippen molar-refractivity contribution in [1.82, 2.24) is 0 Å². The third-order valence-electron chi connectivity index (χ3n) is 3.98. The van der Waals surface area contributed by atoms with Gasteiger partial charge in [-0.15, -0.1) is 0 Å². The van der Waals surface area contributed by atoms with Crippen molar-refractivity contribution < 1.29 is 9.47 Å². The number of benzene rings is 2. The summed E-state index contributed by atoms with van der Waals surface area (Å²) in [6.07, 6.45) is 0. The Balaban J connectivity index is 1.75. The van der Waals surface area contributed by atoms with E-state index >= 15 is 0 Å². The van der Waals surface area contributed by atoms with Gasteiger partial charge >= 0.3 is 0 Å². The average molecular weight is 283 g/mol. The summed E-state index contributed by atoms with van der Waals surface area (Å²) in [5, 5.41) is 0. The highest BCUT2D eigenvalue weighted by Gasteiger charge is 2.24. The van der Waals surface area contributed by atoms with E-state index in [0.29, 0.717) is 25.7 Å². The van der Waals surface area contributed by atoms with E-state index in [2.05, 4.69) is 32.0 Å². The summed E-state index contributed by atoms with van der Waals surface area (Å²) in [6.45, 7) is 6.03. The molecule has 3 nitrogen and oxygen atoms in total. The van der Waals surface area contributed by atoms with Crippen LogP contribution in [-0.4, -0.2) is 13.2 Å². The maximum Gasteiger partial charge on any atom is 0.125 e. The normalized spacial score (nSPS) is 16.4. The highest BCUT2D eigenvalue weighted by molar-refractivity contribution is 5.44. The first kappa shape index (κ1) is 14.0. The van der Waals surface area contributed by atoms with Crippen molar-refractivity contribution in [1.29, 1.82) is 0 Å². The lowest BCUT2D eigenvalue weighted by molar-refractivity contribution is 0.246. The van der Waals surface area contributed by atoms with Gasteiger partial charge in [0.1, 0.15) is 11.5 Å². The van der Waals surface area contributed by atoms with Gasteiger partial charge in [0, 0.05) is 12.1 Å². The van der Waals surface area contributed by atoms with Crippen LogP contribution in [0.1, 0.15) is 28.2 Å². The molecule has 1 aliphatic heterocycles. The second-order valence-electron chi connectivity index (χ2n) is 5.62. The van der Waals surface area contributed by atoms with Crippen LogP contribution >= 0.6 is 0 Å². The molecule has 1 aliphatic rings. The summed E-state index contributed by atoms with van der Waals surface area (Å²) in [6, 6.07) is 12.4.